The van der Waals surface area contributed by atoms with Crippen LogP contribution in [-0.4, -0.2) is 9.97 Å². The Labute approximate surface area is 138 Å². The highest BCUT2D eigenvalue weighted by Crippen LogP contribution is 2.41. The highest BCUT2D eigenvalue weighted by Gasteiger charge is 2.33. The van der Waals surface area contributed by atoms with Crippen LogP contribution in [0.25, 0.3) is 0 Å². The molecule has 5 heteroatoms. The molecule has 0 fully saturated rings. The Bertz CT molecular complexity index is 961. The van der Waals surface area contributed by atoms with E-state index in [2.05, 4.69) is 9.97 Å². The van der Waals surface area contributed by atoms with Crippen molar-refractivity contribution < 1.29 is 4.74 Å². The van der Waals surface area contributed by atoms with Crippen LogP contribution < -0.4 is 16.0 Å². The van der Waals surface area contributed by atoms with Gasteiger partial charge in [0.15, 0.2) is 0 Å². The minimum atomic E-state index is -0.556. The molecule has 0 spiro atoms. The van der Waals surface area contributed by atoms with E-state index in [9.17, 15) is 9.59 Å². The first-order chi connectivity index (χ1) is 11.7. The maximum absolute atomic E-state index is 12.4. The van der Waals surface area contributed by atoms with E-state index in [0.29, 0.717) is 12.0 Å². The van der Waals surface area contributed by atoms with Gasteiger partial charge in [0.25, 0.3) is 5.56 Å². The molecule has 1 aliphatic heterocycles. The Kier molecular flexibility index (Phi) is 3.54. The molecule has 1 aliphatic rings. The number of benzene rings is 2. The highest BCUT2D eigenvalue weighted by atomic mass is 16.5. The second-order valence-corrected chi connectivity index (χ2v) is 5.87. The Morgan fingerprint density at radius 2 is 1.46 bits per heavy atom. The van der Waals surface area contributed by atoms with Crippen LogP contribution in [0, 0.1) is 0 Å². The molecule has 0 saturated carbocycles. The summed E-state index contributed by atoms with van der Waals surface area (Å²) in [6.45, 7) is 0. The van der Waals surface area contributed by atoms with Crippen LogP contribution in [0.15, 0.2) is 70.3 Å². The number of hydrogen-bond donors (Lipinski definition) is 2. The maximum Gasteiger partial charge on any atom is 0.328 e. The number of fused-ring (bicyclic) bond motifs is 1. The second kappa shape index (κ2) is 5.85. The average molecular weight is 320 g/mol. The summed E-state index contributed by atoms with van der Waals surface area (Å²) in [7, 11) is 0. The molecule has 0 amide bonds. The van der Waals surface area contributed by atoms with Gasteiger partial charge in [-0.15, -0.1) is 0 Å². The molecular weight excluding hydrogens is 304 g/mol. The molecule has 2 heterocycles. The number of nitrogens with one attached hydrogen (secondary N) is 2. The van der Waals surface area contributed by atoms with Gasteiger partial charge in [-0.3, -0.25) is 14.8 Å². The maximum atomic E-state index is 12.4. The molecule has 5 nitrogen and oxygen atoms in total. The summed E-state index contributed by atoms with van der Waals surface area (Å²) in [6.07, 6.45) is 0.414. The van der Waals surface area contributed by atoms with E-state index in [0.717, 1.165) is 11.1 Å². The minimum absolute atomic E-state index is 0.138. The Morgan fingerprint density at radius 3 is 2.12 bits per heavy atom. The first kappa shape index (κ1) is 14.5. The van der Waals surface area contributed by atoms with Crippen molar-refractivity contribution in [1.82, 2.24) is 9.97 Å². The van der Waals surface area contributed by atoms with Gasteiger partial charge in [0.05, 0.1) is 5.56 Å². The lowest BCUT2D eigenvalue weighted by Gasteiger charge is -2.31. The van der Waals surface area contributed by atoms with E-state index in [1.165, 1.54) is 0 Å². The van der Waals surface area contributed by atoms with Crippen LogP contribution >= 0.6 is 0 Å². The zero-order valence-corrected chi connectivity index (χ0v) is 12.9. The van der Waals surface area contributed by atoms with Crippen LogP contribution in [0.5, 0.6) is 5.88 Å². The van der Waals surface area contributed by atoms with Crippen LogP contribution in [-0.2, 0) is 0 Å². The van der Waals surface area contributed by atoms with Crippen molar-refractivity contribution in [2.75, 3.05) is 0 Å². The van der Waals surface area contributed by atoms with Crippen molar-refractivity contribution in [3.63, 3.8) is 0 Å². The van der Waals surface area contributed by atoms with Gasteiger partial charge in [-0.1, -0.05) is 60.7 Å². The number of hydrogen-bond acceptors (Lipinski definition) is 3. The van der Waals surface area contributed by atoms with Gasteiger partial charge in [0.1, 0.15) is 6.10 Å². The van der Waals surface area contributed by atoms with Crippen molar-refractivity contribution in [2.24, 2.45) is 0 Å². The van der Waals surface area contributed by atoms with E-state index < -0.39 is 11.2 Å². The third-order valence-corrected chi connectivity index (χ3v) is 4.38. The number of aromatic amines is 2. The highest BCUT2D eigenvalue weighted by molar-refractivity contribution is 5.39. The molecule has 120 valence electrons. The normalized spacial score (nSPS) is 19.3. The quantitative estimate of drug-likeness (QED) is 0.762. The molecule has 0 unspecified atom stereocenters. The zero-order valence-electron chi connectivity index (χ0n) is 12.9. The summed E-state index contributed by atoms with van der Waals surface area (Å²) in [5, 5.41) is 0. The van der Waals surface area contributed by atoms with Gasteiger partial charge < -0.3 is 4.74 Å². The van der Waals surface area contributed by atoms with Gasteiger partial charge >= 0.3 is 5.69 Å². The minimum Gasteiger partial charge on any atom is -0.470 e. The molecule has 0 saturated heterocycles. The van der Waals surface area contributed by atoms with E-state index in [1.54, 1.807) is 0 Å². The fourth-order valence-corrected chi connectivity index (χ4v) is 3.27. The standard InChI is InChI=1S/C19H16N2O3/c22-17-16-14(12-7-3-1-4-8-12)11-15(13-9-5-2-6-10-13)24-18(16)21-19(23)20-17/h1-10,14-15H,11H2,(H2,20,21,22,23)/t14-,15-/m0/s1. The first-order valence-electron chi connectivity index (χ1n) is 7.85. The summed E-state index contributed by atoms with van der Waals surface area (Å²) in [4.78, 5) is 29.0. The first-order valence-corrected chi connectivity index (χ1v) is 7.85. The van der Waals surface area contributed by atoms with Crippen LogP contribution in [0.3, 0.4) is 0 Å². The third-order valence-electron chi connectivity index (χ3n) is 4.38. The van der Waals surface area contributed by atoms with E-state index in [4.69, 9.17) is 4.74 Å². The van der Waals surface area contributed by atoms with Crippen molar-refractivity contribution in [3.05, 3.63) is 98.2 Å². The summed E-state index contributed by atoms with van der Waals surface area (Å²) in [5.74, 6) is 0.124. The van der Waals surface area contributed by atoms with E-state index in [1.807, 2.05) is 60.7 Å². The SMILES string of the molecule is O=c1[nH]c2c(c(=O)[nH]1)[C@H](c1ccccc1)C[C@@H](c1ccccc1)O2. The smallest absolute Gasteiger partial charge is 0.328 e. The lowest BCUT2D eigenvalue weighted by molar-refractivity contribution is 0.157. The Hall–Kier alpha value is -3.08. The van der Waals surface area contributed by atoms with Crippen molar-refractivity contribution in [1.29, 1.82) is 0 Å². The van der Waals surface area contributed by atoms with Gasteiger partial charge in [-0.05, 0) is 17.5 Å². The predicted octanol–water partition coefficient (Wildman–Crippen LogP) is 2.72. The van der Waals surface area contributed by atoms with Gasteiger partial charge in [-0.2, -0.15) is 0 Å². The monoisotopic (exact) mass is 320 g/mol. The third kappa shape index (κ3) is 2.54. The molecule has 24 heavy (non-hydrogen) atoms. The molecule has 0 aliphatic carbocycles. The van der Waals surface area contributed by atoms with E-state index in [-0.39, 0.29) is 17.9 Å². The molecule has 2 N–H and O–H groups in total. The number of H-pyrrole nitrogens is 2. The molecule has 4 rings (SSSR count). The largest absolute Gasteiger partial charge is 0.470 e. The zero-order chi connectivity index (χ0) is 16.5. The summed E-state index contributed by atoms with van der Waals surface area (Å²) in [6, 6.07) is 19.6. The molecule has 0 bridgehead atoms. The molecule has 2 atom stereocenters. The van der Waals surface area contributed by atoms with Crippen LogP contribution in [0.1, 0.15) is 35.1 Å². The molecule has 3 aromatic rings. The summed E-state index contributed by atoms with van der Waals surface area (Å²) in [5.41, 5.74) is 1.58. The van der Waals surface area contributed by atoms with Crippen molar-refractivity contribution in [2.45, 2.75) is 18.4 Å². The molecule has 2 aromatic carbocycles. The van der Waals surface area contributed by atoms with Gasteiger partial charge in [-0.25, -0.2) is 4.79 Å². The van der Waals surface area contributed by atoms with Crippen LogP contribution in [0.4, 0.5) is 0 Å². The summed E-state index contributed by atoms with van der Waals surface area (Å²) < 4.78 is 5.96. The Morgan fingerprint density at radius 1 is 0.833 bits per heavy atom. The van der Waals surface area contributed by atoms with Gasteiger partial charge in [0.2, 0.25) is 5.88 Å². The summed E-state index contributed by atoms with van der Waals surface area (Å²) >= 11 is 0. The lowest BCUT2D eigenvalue weighted by atomic mass is 9.84. The topological polar surface area (TPSA) is 75.0 Å². The number of aromatic nitrogens is 2. The molecule has 1 aromatic heterocycles. The number of rotatable bonds is 2. The van der Waals surface area contributed by atoms with Gasteiger partial charge in [0, 0.05) is 5.92 Å². The fraction of sp³-hybridized carbons (Fsp3) is 0.158. The Balaban J connectivity index is 1.87. The predicted molar refractivity (Wildman–Crippen MR) is 90.4 cm³/mol. The molecular formula is C19H16N2O3. The lowest BCUT2D eigenvalue weighted by Crippen LogP contribution is -2.33. The second-order valence-electron chi connectivity index (χ2n) is 5.87. The van der Waals surface area contributed by atoms with Crippen molar-refractivity contribution >= 4 is 0 Å². The average Bonchev–Trinajstić information content (AvgIpc) is 2.62. The fourth-order valence-electron chi connectivity index (χ4n) is 3.27. The van der Waals surface area contributed by atoms with E-state index >= 15 is 0 Å². The van der Waals surface area contributed by atoms with Crippen molar-refractivity contribution in [3.8, 4) is 5.88 Å². The van der Waals surface area contributed by atoms with Crippen LogP contribution in [0.2, 0.25) is 0 Å². The number of ether oxygens (including phenoxy) is 1. The molecule has 0 radical (unpaired) electrons.